The highest BCUT2D eigenvalue weighted by atomic mass is 32.2. The Balaban J connectivity index is 2.15. The van der Waals surface area contributed by atoms with Crippen molar-refractivity contribution < 1.29 is 13.2 Å². The molecule has 1 aromatic carbocycles. The first-order valence-electron chi connectivity index (χ1n) is 7.66. The molecule has 1 heterocycles. The van der Waals surface area contributed by atoms with Crippen LogP contribution in [0.2, 0.25) is 0 Å². The summed E-state index contributed by atoms with van der Waals surface area (Å²) in [5.41, 5.74) is 1.94. The maximum Gasteiger partial charge on any atom is 0.283 e. The zero-order chi connectivity index (χ0) is 17.3. The summed E-state index contributed by atoms with van der Waals surface area (Å²) in [6.45, 7) is 5.56. The van der Waals surface area contributed by atoms with E-state index in [1.807, 2.05) is 6.92 Å². The minimum absolute atomic E-state index is 0.0341. The highest BCUT2D eigenvalue weighted by molar-refractivity contribution is 7.99. The SMILES string of the molecule is C=CCSc1nn(S(=O)(=O)c2ccc(C)cc2)c2c1C(=O)CCC2. The second kappa shape index (κ2) is 6.57. The number of nitrogens with zero attached hydrogens (tertiary/aromatic N) is 2. The van der Waals surface area contributed by atoms with Gasteiger partial charge in [-0.3, -0.25) is 4.79 Å². The van der Waals surface area contributed by atoms with Crippen molar-refractivity contribution in [3.05, 3.63) is 53.7 Å². The van der Waals surface area contributed by atoms with Crippen LogP contribution in [0, 0.1) is 6.92 Å². The Hall–Kier alpha value is -1.86. The number of aryl methyl sites for hydroxylation is 1. The lowest BCUT2D eigenvalue weighted by Crippen LogP contribution is -2.20. The van der Waals surface area contributed by atoms with E-state index in [4.69, 9.17) is 0 Å². The van der Waals surface area contributed by atoms with Gasteiger partial charge in [-0.15, -0.1) is 6.58 Å². The number of hydrogen-bond acceptors (Lipinski definition) is 5. The number of rotatable bonds is 5. The summed E-state index contributed by atoms with van der Waals surface area (Å²) in [4.78, 5) is 12.5. The normalized spacial score (nSPS) is 14.5. The van der Waals surface area contributed by atoms with Gasteiger partial charge in [0.05, 0.1) is 16.2 Å². The van der Waals surface area contributed by atoms with E-state index in [2.05, 4.69) is 11.7 Å². The van der Waals surface area contributed by atoms with Crippen molar-refractivity contribution in [1.82, 2.24) is 9.19 Å². The fourth-order valence-corrected chi connectivity index (χ4v) is 4.89. The average molecular weight is 362 g/mol. The maximum absolute atomic E-state index is 13.0. The molecule has 1 aliphatic rings. The molecular weight excluding hydrogens is 344 g/mol. The van der Waals surface area contributed by atoms with Crippen molar-refractivity contribution in [3.8, 4) is 0 Å². The lowest BCUT2D eigenvalue weighted by Gasteiger charge is -2.13. The summed E-state index contributed by atoms with van der Waals surface area (Å²) in [5.74, 6) is 0.537. The van der Waals surface area contributed by atoms with Gasteiger partial charge in [-0.2, -0.15) is 17.6 Å². The Kier molecular flexibility index (Phi) is 4.64. The fraction of sp³-hybridized carbons (Fsp3) is 0.294. The van der Waals surface area contributed by atoms with E-state index < -0.39 is 10.0 Å². The van der Waals surface area contributed by atoms with Gasteiger partial charge in [-0.1, -0.05) is 35.5 Å². The molecule has 2 aromatic rings. The van der Waals surface area contributed by atoms with Crippen LogP contribution in [0.5, 0.6) is 0 Å². The van der Waals surface area contributed by atoms with E-state index in [-0.39, 0.29) is 10.7 Å². The van der Waals surface area contributed by atoms with Crippen molar-refractivity contribution in [2.45, 2.75) is 36.1 Å². The van der Waals surface area contributed by atoms with Crippen LogP contribution >= 0.6 is 11.8 Å². The molecule has 0 radical (unpaired) electrons. The molecule has 5 nitrogen and oxygen atoms in total. The van der Waals surface area contributed by atoms with Crippen LogP contribution in [-0.4, -0.2) is 29.1 Å². The minimum atomic E-state index is -3.81. The third-order valence-corrected chi connectivity index (χ3v) is 6.48. The standard InChI is InChI=1S/C17H18N2O3S2/c1-3-11-23-17-16-14(5-4-6-15(16)20)19(18-17)24(21,22)13-9-7-12(2)8-10-13/h3,7-10H,1,4-6,11H2,2H3. The predicted molar refractivity (Wildman–Crippen MR) is 94.2 cm³/mol. The van der Waals surface area contributed by atoms with Gasteiger partial charge in [0.2, 0.25) is 0 Å². The van der Waals surface area contributed by atoms with Crippen LogP contribution in [0.1, 0.15) is 34.5 Å². The molecule has 0 fully saturated rings. The lowest BCUT2D eigenvalue weighted by molar-refractivity contribution is 0.0969. The van der Waals surface area contributed by atoms with Gasteiger partial charge >= 0.3 is 0 Å². The molecule has 0 atom stereocenters. The first kappa shape index (κ1) is 17.0. The number of benzene rings is 1. The van der Waals surface area contributed by atoms with E-state index in [1.165, 1.54) is 11.8 Å². The van der Waals surface area contributed by atoms with E-state index in [0.717, 1.165) is 9.65 Å². The molecule has 0 bridgehead atoms. The molecule has 3 rings (SSSR count). The summed E-state index contributed by atoms with van der Waals surface area (Å²) in [7, 11) is -3.81. The van der Waals surface area contributed by atoms with E-state index in [9.17, 15) is 13.2 Å². The van der Waals surface area contributed by atoms with Gasteiger partial charge in [0.15, 0.2) is 5.78 Å². The molecule has 0 N–H and O–H groups in total. The Morgan fingerprint density at radius 3 is 2.67 bits per heavy atom. The summed E-state index contributed by atoms with van der Waals surface area (Å²) in [6.07, 6.45) is 3.32. The number of fused-ring (bicyclic) bond motifs is 1. The highest BCUT2D eigenvalue weighted by Gasteiger charge is 2.32. The molecule has 24 heavy (non-hydrogen) atoms. The van der Waals surface area contributed by atoms with Gasteiger partial charge in [-0.25, -0.2) is 0 Å². The van der Waals surface area contributed by atoms with Crippen LogP contribution in [0.15, 0.2) is 46.8 Å². The van der Waals surface area contributed by atoms with Crippen molar-refractivity contribution >= 4 is 27.6 Å². The van der Waals surface area contributed by atoms with Crippen LogP contribution in [0.3, 0.4) is 0 Å². The molecule has 0 unspecified atom stereocenters. The van der Waals surface area contributed by atoms with Crippen molar-refractivity contribution in [1.29, 1.82) is 0 Å². The number of thioether (sulfide) groups is 1. The summed E-state index contributed by atoms with van der Waals surface area (Å²) in [6, 6.07) is 6.64. The van der Waals surface area contributed by atoms with Crippen molar-refractivity contribution in [2.24, 2.45) is 0 Å². The van der Waals surface area contributed by atoms with Crippen LogP contribution in [0.4, 0.5) is 0 Å². The van der Waals surface area contributed by atoms with Gasteiger partial charge in [0.1, 0.15) is 5.03 Å². The minimum Gasteiger partial charge on any atom is -0.294 e. The molecule has 126 valence electrons. The van der Waals surface area contributed by atoms with E-state index in [1.54, 1.807) is 30.3 Å². The van der Waals surface area contributed by atoms with Gasteiger partial charge in [-0.05, 0) is 31.9 Å². The van der Waals surface area contributed by atoms with Crippen molar-refractivity contribution in [2.75, 3.05) is 5.75 Å². The third kappa shape index (κ3) is 2.93. The number of Topliss-reactive ketones (excluding diaryl/α,β-unsaturated/α-hetero) is 1. The van der Waals surface area contributed by atoms with Crippen LogP contribution < -0.4 is 0 Å². The number of ketones is 1. The Morgan fingerprint density at radius 1 is 1.29 bits per heavy atom. The summed E-state index contributed by atoms with van der Waals surface area (Å²) < 4.78 is 27.0. The molecule has 1 aromatic heterocycles. The first-order chi connectivity index (χ1) is 11.4. The zero-order valence-electron chi connectivity index (χ0n) is 13.4. The lowest BCUT2D eigenvalue weighted by atomic mass is 9.97. The summed E-state index contributed by atoms with van der Waals surface area (Å²) >= 11 is 1.34. The molecular formula is C17H18N2O3S2. The number of carbonyl (C=O) groups is 1. The maximum atomic E-state index is 13.0. The third-order valence-electron chi connectivity index (χ3n) is 3.90. The Labute approximate surface area is 145 Å². The molecule has 0 saturated heterocycles. The molecule has 0 saturated carbocycles. The zero-order valence-corrected chi connectivity index (χ0v) is 15.0. The summed E-state index contributed by atoms with van der Waals surface area (Å²) in [5, 5.41) is 4.75. The Morgan fingerprint density at radius 2 is 2.00 bits per heavy atom. The van der Waals surface area contributed by atoms with Crippen molar-refractivity contribution in [3.63, 3.8) is 0 Å². The molecule has 7 heteroatoms. The average Bonchev–Trinajstić information content (AvgIpc) is 2.94. The molecule has 0 spiro atoms. The molecule has 1 aliphatic carbocycles. The number of carbonyl (C=O) groups excluding carboxylic acids is 1. The first-order valence-corrected chi connectivity index (χ1v) is 10.1. The quantitative estimate of drug-likeness (QED) is 0.603. The second-order valence-corrected chi connectivity index (χ2v) is 8.44. The smallest absolute Gasteiger partial charge is 0.283 e. The Bertz CT molecular complexity index is 897. The topological polar surface area (TPSA) is 69.0 Å². The number of hydrogen-bond donors (Lipinski definition) is 0. The molecule has 0 amide bonds. The highest BCUT2D eigenvalue weighted by Crippen LogP contribution is 2.32. The van der Waals surface area contributed by atoms with E-state index in [0.29, 0.717) is 41.3 Å². The largest absolute Gasteiger partial charge is 0.294 e. The van der Waals surface area contributed by atoms with Crippen LogP contribution in [-0.2, 0) is 16.4 Å². The number of aromatic nitrogens is 2. The van der Waals surface area contributed by atoms with Crippen LogP contribution in [0.25, 0.3) is 0 Å². The molecule has 0 aliphatic heterocycles. The van der Waals surface area contributed by atoms with Gasteiger partial charge in [0, 0.05) is 12.2 Å². The van der Waals surface area contributed by atoms with Gasteiger partial charge in [0.25, 0.3) is 10.0 Å². The second-order valence-electron chi connectivity index (χ2n) is 5.66. The fourth-order valence-electron chi connectivity index (χ4n) is 2.70. The van der Waals surface area contributed by atoms with Gasteiger partial charge < -0.3 is 0 Å². The predicted octanol–water partition coefficient (Wildman–Crippen LogP) is 3.23. The van der Waals surface area contributed by atoms with E-state index >= 15 is 0 Å². The monoisotopic (exact) mass is 362 g/mol.